The van der Waals surface area contributed by atoms with Crippen LogP contribution in [0.15, 0.2) is 16.7 Å². The Labute approximate surface area is 153 Å². The highest BCUT2D eigenvalue weighted by Crippen LogP contribution is 2.23. The lowest BCUT2D eigenvalue weighted by Crippen LogP contribution is -2.39. The molecule has 1 aliphatic heterocycles. The van der Waals surface area contributed by atoms with E-state index in [9.17, 15) is 9.59 Å². The molecule has 0 aromatic carbocycles. The van der Waals surface area contributed by atoms with Gasteiger partial charge >= 0.3 is 6.09 Å². The summed E-state index contributed by atoms with van der Waals surface area (Å²) in [4.78, 5) is 29.4. The van der Waals surface area contributed by atoms with Gasteiger partial charge in [0.25, 0.3) is 0 Å². The van der Waals surface area contributed by atoms with Gasteiger partial charge in [0.15, 0.2) is 0 Å². The summed E-state index contributed by atoms with van der Waals surface area (Å²) in [6.45, 7) is 13.6. The van der Waals surface area contributed by atoms with Crippen molar-refractivity contribution in [3.8, 4) is 0 Å². The van der Waals surface area contributed by atoms with Gasteiger partial charge in [0.1, 0.15) is 18.0 Å². The molecule has 1 N–H and O–H groups in total. The first-order valence-electron chi connectivity index (χ1n) is 8.17. The van der Waals surface area contributed by atoms with Crippen LogP contribution in [0, 0.1) is 0 Å². The SMILES string of the molecule is CC.CC.CC(C)(C)OC(=O)N1CC(=O)Nc2ncc(Br)cc2C1. The van der Waals surface area contributed by atoms with Crippen molar-refractivity contribution in [2.24, 2.45) is 0 Å². The molecule has 0 bridgehead atoms. The van der Waals surface area contributed by atoms with Gasteiger partial charge in [-0.3, -0.25) is 9.69 Å². The second-order valence-electron chi connectivity index (χ2n) is 5.55. The predicted octanol–water partition coefficient (Wildman–Crippen LogP) is 4.59. The molecule has 1 aromatic heterocycles. The van der Waals surface area contributed by atoms with Crippen LogP contribution in [0.1, 0.15) is 54.0 Å². The molecule has 1 aromatic rings. The Morgan fingerprint density at radius 2 is 1.83 bits per heavy atom. The van der Waals surface area contributed by atoms with Gasteiger partial charge < -0.3 is 10.1 Å². The normalized spacial score (nSPS) is 13.2. The molecule has 0 saturated carbocycles. The number of fused-ring (bicyclic) bond motifs is 1. The molecule has 2 amide bonds. The predicted molar refractivity (Wildman–Crippen MR) is 99.9 cm³/mol. The van der Waals surface area contributed by atoms with Crippen LogP contribution < -0.4 is 5.32 Å². The third-order valence-corrected chi connectivity index (χ3v) is 2.97. The summed E-state index contributed by atoms with van der Waals surface area (Å²) in [6, 6.07) is 1.82. The van der Waals surface area contributed by atoms with E-state index in [1.807, 2.05) is 33.8 Å². The number of hydrogen-bond acceptors (Lipinski definition) is 4. The van der Waals surface area contributed by atoms with E-state index in [1.165, 1.54) is 4.90 Å². The van der Waals surface area contributed by atoms with E-state index in [0.717, 1.165) is 10.0 Å². The molecule has 0 saturated heterocycles. The average molecular weight is 402 g/mol. The molecule has 136 valence electrons. The lowest BCUT2D eigenvalue weighted by atomic mass is 10.2. The highest BCUT2D eigenvalue weighted by molar-refractivity contribution is 9.10. The third-order valence-electron chi connectivity index (χ3n) is 2.54. The van der Waals surface area contributed by atoms with Gasteiger partial charge in [-0.25, -0.2) is 9.78 Å². The molecule has 0 spiro atoms. The van der Waals surface area contributed by atoms with Crippen molar-refractivity contribution in [1.29, 1.82) is 0 Å². The van der Waals surface area contributed by atoms with Crippen LogP contribution in [-0.2, 0) is 16.1 Å². The first-order chi connectivity index (χ1) is 11.2. The van der Waals surface area contributed by atoms with Crippen molar-refractivity contribution in [2.45, 2.75) is 60.6 Å². The lowest BCUT2D eigenvalue weighted by Gasteiger charge is -2.25. The maximum Gasteiger partial charge on any atom is 0.411 e. The number of anilines is 1. The van der Waals surface area contributed by atoms with E-state index in [1.54, 1.807) is 27.0 Å². The molecular formula is C17H28BrN3O3. The molecule has 0 aliphatic carbocycles. The number of halogens is 1. The molecule has 7 heteroatoms. The van der Waals surface area contributed by atoms with Crippen LogP contribution >= 0.6 is 15.9 Å². The van der Waals surface area contributed by atoms with Crippen LogP contribution in [0.3, 0.4) is 0 Å². The summed E-state index contributed by atoms with van der Waals surface area (Å²) in [5.41, 5.74) is 0.161. The maximum absolute atomic E-state index is 12.1. The smallest absolute Gasteiger partial charge is 0.411 e. The number of aromatic nitrogens is 1. The van der Waals surface area contributed by atoms with Gasteiger partial charge in [-0.15, -0.1) is 0 Å². The molecule has 1 aliphatic rings. The van der Waals surface area contributed by atoms with E-state index >= 15 is 0 Å². The third kappa shape index (κ3) is 7.29. The van der Waals surface area contributed by atoms with E-state index < -0.39 is 11.7 Å². The topological polar surface area (TPSA) is 71.5 Å². The van der Waals surface area contributed by atoms with Gasteiger partial charge in [0.05, 0.1) is 6.54 Å². The number of carbonyl (C=O) groups is 2. The quantitative estimate of drug-likeness (QED) is 0.689. The second-order valence-corrected chi connectivity index (χ2v) is 6.46. The standard InChI is InChI=1S/C13H16BrN3O3.2C2H6/c1-13(2,3)20-12(19)17-6-8-4-9(14)5-15-11(8)16-10(18)7-17;2*1-2/h4-5H,6-7H2,1-3H3,(H,15,16,18);2*1-2H3. The first kappa shape index (κ1) is 22.4. The number of nitrogens with zero attached hydrogens (tertiary/aromatic N) is 2. The number of nitrogens with one attached hydrogen (secondary N) is 1. The number of rotatable bonds is 0. The van der Waals surface area contributed by atoms with Crippen molar-refractivity contribution in [3.63, 3.8) is 0 Å². The zero-order chi connectivity index (χ0) is 18.9. The fourth-order valence-corrected chi connectivity index (χ4v) is 2.16. The summed E-state index contributed by atoms with van der Waals surface area (Å²) in [5.74, 6) is 0.189. The van der Waals surface area contributed by atoms with Crippen molar-refractivity contribution >= 4 is 33.7 Å². The summed E-state index contributed by atoms with van der Waals surface area (Å²) < 4.78 is 6.09. The Hall–Kier alpha value is -1.63. The lowest BCUT2D eigenvalue weighted by molar-refractivity contribution is -0.117. The van der Waals surface area contributed by atoms with Gasteiger partial charge in [-0.2, -0.15) is 0 Å². The number of ether oxygens (including phenoxy) is 1. The number of pyridine rings is 1. The molecule has 24 heavy (non-hydrogen) atoms. The number of amides is 2. The molecular weight excluding hydrogens is 374 g/mol. The Balaban J connectivity index is 0.00000123. The highest BCUT2D eigenvalue weighted by Gasteiger charge is 2.27. The molecule has 0 radical (unpaired) electrons. The fraction of sp³-hybridized carbons (Fsp3) is 0.588. The van der Waals surface area contributed by atoms with Crippen molar-refractivity contribution in [1.82, 2.24) is 9.88 Å². The Bertz CT molecular complexity index is 557. The minimum atomic E-state index is -0.599. The van der Waals surface area contributed by atoms with E-state index in [4.69, 9.17) is 4.74 Å². The van der Waals surface area contributed by atoms with Crippen molar-refractivity contribution < 1.29 is 14.3 Å². The molecule has 0 fully saturated rings. The summed E-state index contributed by atoms with van der Waals surface area (Å²) in [7, 11) is 0. The number of carbonyl (C=O) groups excluding carboxylic acids is 2. The van der Waals surface area contributed by atoms with Crippen LogP contribution in [0.2, 0.25) is 0 Å². The Morgan fingerprint density at radius 1 is 1.25 bits per heavy atom. The fourth-order valence-electron chi connectivity index (χ4n) is 1.78. The largest absolute Gasteiger partial charge is 0.444 e. The minimum Gasteiger partial charge on any atom is -0.444 e. The van der Waals surface area contributed by atoms with Crippen LogP contribution in [-0.4, -0.2) is 34.0 Å². The summed E-state index contributed by atoms with van der Waals surface area (Å²) in [6.07, 6.45) is 1.09. The molecule has 2 heterocycles. The Kier molecular flexibility index (Phi) is 9.58. The minimum absolute atomic E-state index is 0.0527. The Morgan fingerprint density at radius 3 is 2.38 bits per heavy atom. The highest BCUT2D eigenvalue weighted by atomic mass is 79.9. The van der Waals surface area contributed by atoms with Gasteiger partial charge in [-0.1, -0.05) is 27.7 Å². The molecule has 0 atom stereocenters. The number of hydrogen-bond donors (Lipinski definition) is 1. The van der Waals surface area contributed by atoms with Crippen molar-refractivity contribution in [2.75, 3.05) is 11.9 Å². The maximum atomic E-state index is 12.1. The monoisotopic (exact) mass is 401 g/mol. The van der Waals surface area contributed by atoms with Crippen LogP contribution in [0.25, 0.3) is 0 Å². The summed E-state index contributed by atoms with van der Waals surface area (Å²) in [5, 5.41) is 2.68. The average Bonchev–Trinajstić information content (AvgIpc) is 2.67. The zero-order valence-electron chi connectivity index (χ0n) is 15.6. The van der Waals surface area contributed by atoms with Gasteiger partial charge in [-0.05, 0) is 42.8 Å². The molecule has 2 rings (SSSR count). The van der Waals surface area contributed by atoms with Crippen LogP contribution in [0.4, 0.5) is 10.6 Å². The second kappa shape index (κ2) is 10.3. The van der Waals surface area contributed by atoms with E-state index in [0.29, 0.717) is 5.82 Å². The summed E-state index contributed by atoms with van der Waals surface area (Å²) >= 11 is 3.33. The first-order valence-corrected chi connectivity index (χ1v) is 8.96. The zero-order valence-corrected chi connectivity index (χ0v) is 17.2. The molecule has 0 unspecified atom stereocenters. The van der Waals surface area contributed by atoms with E-state index in [-0.39, 0.29) is 19.0 Å². The van der Waals surface area contributed by atoms with Gasteiger partial charge in [0.2, 0.25) is 5.91 Å². The van der Waals surface area contributed by atoms with E-state index in [2.05, 4.69) is 26.2 Å². The van der Waals surface area contributed by atoms with Crippen LogP contribution in [0.5, 0.6) is 0 Å². The molecule has 6 nitrogen and oxygen atoms in total. The van der Waals surface area contributed by atoms with Gasteiger partial charge in [0, 0.05) is 16.2 Å². The van der Waals surface area contributed by atoms with Crippen molar-refractivity contribution in [3.05, 3.63) is 22.3 Å².